The zero-order chi connectivity index (χ0) is 18.5. The molecule has 1 unspecified atom stereocenters. The van der Waals surface area contributed by atoms with Crippen molar-refractivity contribution in [3.05, 3.63) is 0 Å². The average Bonchev–Trinajstić information content (AvgIpc) is 2.78. The maximum atomic E-state index is 5.81. The normalized spacial score (nSPS) is 18.3. The van der Waals surface area contributed by atoms with Crippen molar-refractivity contribution in [2.75, 3.05) is 66.0 Å². The summed E-state index contributed by atoms with van der Waals surface area (Å²) in [5.41, 5.74) is 0. The van der Waals surface area contributed by atoms with Crippen molar-refractivity contribution in [1.82, 2.24) is 20.4 Å². The molecular formula is C19H42IN5O. The lowest BCUT2D eigenvalue weighted by Gasteiger charge is -2.21. The highest BCUT2D eigenvalue weighted by molar-refractivity contribution is 14.0. The molecule has 7 heteroatoms. The first-order valence-electron chi connectivity index (χ1n) is 10.1. The number of likely N-dealkylation sites (N-methyl/N-ethyl adjacent to an activating group) is 1. The second-order valence-corrected chi connectivity index (χ2v) is 7.21. The smallest absolute Gasteiger partial charge is 0.191 e. The third-order valence-corrected chi connectivity index (χ3v) is 4.68. The van der Waals surface area contributed by atoms with Crippen molar-refractivity contribution in [2.45, 2.75) is 46.6 Å². The van der Waals surface area contributed by atoms with Crippen molar-refractivity contribution in [1.29, 1.82) is 0 Å². The number of hydrogen-bond donors (Lipinski definition) is 2. The first-order valence-corrected chi connectivity index (χ1v) is 10.1. The summed E-state index contributed by atoms with van der Waals surface area (Å²) in [5, 5.41) is 6.82. The SMILES string of the molecule is CCNC(=NCCC(OCC)C(C)C)NCCN1CCCN(C)CC1.I. The largest absolute Gasteiger partial charge is 0.378 e. The minimum atomic E-state index is 0. The number of nitrogens with zero attached hydrogens (tertiary/aromatic N) is 3. The van der Waals surface area contributed by atoms with Crippen LogP contribution in [-0.2, 0) is 4.74 Å². The first kappa shape index (κ1) is 25.9. The van der Waals surface area contributed by atoms with Gasteiger partial charge in [-0.2, -0.15) is 0 Å². The lowest BCUT2D eigenvalue weighted by molar-refractivity contribution is 0.0266. The highest BCUT2D eigenvalue weighted by Crippen LogP contribution is 2.10. The van der Waals surface area contributed by atoms with E-state index in [4.69, 9.17) is 9.73 Å². The topological polar surface area (TPSA) is 52.1 Å². The number of aliphatic imine (C=N–C) groups is 1. The Balaban J connectivity index is 0.00000625. The van der Waals surface area contributed by atoms with Gasteiger partial charge in [-0.05, 0) is 52.7 Å². The summed E-state index contributed by atoms with van der Waals surface area (Å²) in [6, 6.07) is 0. The molecule has 1 fully saturated rings. The number of rotatable bonds is 10. The fourth-order valence-corrected chi connectivity index (χ4v) is 3.12. The highest BCUT2D eigenvalue weighted by atomic mass is 127. The molecule has 156 valence electrons. The molecule has 0 aliphatic carbocycles. The molecule has 1 heterocycles. The zero-order valence-electron chi connectivity index (χ0n) is 17.6. The Morgan fingerprint density at radius 1 is 1.12 bits per heavy atom. The van der Waals surface area contributed by atoms with E-state index in [1.54, 1.807) is 0 Å². The lowest BCUT2D eigenvalue weighted by Crippen LogP contribution is -2.42. The Morgan fingerprint density at radius 2 is 1.88 bits per heavy atom. The van der Waals surface area contributed by atoms with Crippen molar-refractivity contribution in [3.8, 4) is 0 Å². The molecule has 1 saturated heterocycles. The Hall–Kier alpha value is -0.120. The van der Waals surface area contributed by atoms with Gasteiger partial charge in [0, 0.05) is 45.9 Å². The zero-order valence-corrected chi connectivity index (χ0v) is 19.9. The number of ether oxygens (including phenoxy) is 1. The van der Waals surface area contributed by atoms with E-state index in [0.29, 0.717) is 12.0 Å². The Labute approximate surface area is 178 Å². The molecule has 0 aromatic heterocycles. The molecular weight excluding hydrogens is 441 g/mol. The van der Waals surface area contributed by atoms with E-state index in [0.717, 1.165) is 51.7 Å². The minimum absolute atomic E-state index is 0. The number of hydrogen-bond acceptors (Lipinski definition) is 4. The minimum Gasteiger partial charge on any atom is -0.378 e. The quantitative estimate of drug-likeness (QED) is 0.284. The maximum Gasteiger partial charge on any atom is 0.191 e. The second kappa shape index (κ2) is 15.9. The van der Waals surface area contributed by atoms with Crippen molar-refractivity contribution in [3.63, 3.8) is 0 Å². The van der Waals surface area contributed by atoms with Crippen LogP contribution in [-0.4, -0.2) is 87.9 Å². The van der Waals surface area contributed by atoms with Gasteiger partial charge in [0.15, 0.2) is 5.96 Å². The van der Waals surface area contributed by atoms with Gasteiger partial charge in [-0.1, -0.05) is 13.8 Å². The van der Waals surface area contributed by atoms with Gasteiger partial charge in [-0.3, -0.25) is 4.99 Å². The standard InChI is InChI=1S/C19H41N5O.HI/c1-6-20-19(21-10-9-18(17(3)4)25-7-2)22-11-14-24-13-8-12-23(5)15-16-24;/h17-18H,6-16H2,1-5H3,(H2,20,21,22);1H. The van der Waals surface area contributed by atoms with Crippen LogP contribution in [0.5, 0.6) is 0 Å². The Bertz CT molecular complexity index is 368. The van der Waals surface area contributed by atoms with Crippen LogP contribution in [0, 0.1) is 5.92 Å². The van der Waals surface area contributed by atoms with Gasteiger partial charge in [-0.25, -0.2) is 0 Å². The van der Waals surface area contributed by atoms with Gasteiger partial charge in [0.1, 0.15) is 0 Å². The number of nitrogens with one attached hydrogen (secondary N) is 2. The number of guanidine groups is 1. The van der Waals surface area contributed by atoms with Crippen LogP contribution in [0.3, 0.4) is 0 Å². The van der Waals surface area contributed by atoms with E-state index >= 15 is 0 Å². The molecule has 1 atom stereocenters. The van der Waals surface area contributed by atoms with Gasteiger partial charge in [-0.15, -0.1) is 24.0 Å². The van der Waals surface area contributed by atoms with Crippen molar-refractivity contribution in [2.24, 2.45) is 10.9 Å². The third-order valence-electron chi connectivity index (χ3n) is 4.68. The third kappa shape index (κ3) is 11.6. The molecule has 26 heavy (non-hydrogen) atoms. The molecule has 2 N–H and O–H groups in total. The van der Waals surface area contributed by atoms with Crippen LogP contribution >= 0.6 is 24.0 Å². The summed E-state index contributed by atoms with van der Waals surface area (Å²) in [5.74, 6) is 1.46. The molecule has 6 nitrogen and oxygen atoms in total. The van der Waals surface area contributed by atoms with Crippen LogP contribution < -0.4 is 10.6 Å². The van der Waals surface area contributed by atoms with Crippen LogP contribution in [0.25, 0.3) is 0 Å². The fraction of sp³-hybridized carbons (Fsp3) is 0.947. The summed E-state index contributed by atoms with van der Waals surface area (Å²) < 4.78 is 5.81. The predicted octanol–water partition coefficient (Wildman–Crippen LogP) is 2.25. The predicted molar refractivity (Wildman–Crippen MR) is 123 cm³/mol. The van der Waals surface area contributed by atoms with Crippen molar-refractivity contribution < 1.29 is 4.74 Å². The molecule has 1 aliphatic heterocycles. The van der Waals surface area contributed by atoms with E-state index < -0.39 is 0 Å². The van der Waals surface area contributed by atoms with Gasteiger partial charge >= 0.3 is 0 Å². The van der Waals surface area contributed by atoms with Gasteiger partial charge in [0.25, 0.3) is 0 Å². The molecule has 0 amide bonds. The molecule has 0 bridgehead atoms. The molecule has 1 aliphatic rings. The van der Waals surface area contributed by atoms with E-state index in [1.165, 1.54) is 26.1 Å². The Morgan fingerprint density at radius 3 is 2.54 bits per heavy atom. The molecule has 0 aromatic rings. The average molecular weight is 483 g/mol. The molecule has 0 saturated carbocycles. The second-order valence-electron chi connectivity index (χ2n) is 7.21. The lowest BCUT2D eigenvalue weighted by atomic mass is 10.0. The van der Waals surface area contributed by atoms with Crippen LogP contribution in [0.4, 0.5) is 0 Å². The van der Waals surface area contributed by atoms with Crippen LogP contribution in [0.2, 0.25) is 0 Å². The van der Waals surface area contributed by atoms with E-state index in [1.807, 2.05) is 0 Å². The molecule has 1 rings (SSSR count). The van der Waals surface area contributed by atoms with Gasteiger partial charge < -0.3 is 25.2 Å². The highest BCUT2D eigenvalue weighted by Gasteiger charge is 2.13. The fourth-order valence-electron chi connectivity index (χ4n) is 3.12. The first-order chi connectivity index (χ1) is 12.1. The summed E-state index contributed by atoms with van der Waals surface area (Å²) in [6.07, 6.45) is 2.53. The summed E-state index contributed by atoms with van der Waals surface area (Å²) >= 11 is 0. The van der Waals surface area contributed by atoms with E-state index in [2.05, 4.69) is 55.2 Å². The van der Waals surface area contributed by atoms with E-state index in [9.17, 15) is 0 Å². The number of halogens is 1. The van der Waals surface area contributed by atoms with Crippen molar-refractivity contribution >= 4 is 29.9 Å². The molecule has 0 aromatic carbocycles. The summed E-state index contributed by atoms with van der Waals surface area (Å²) in [6.45, 7) is 17.8. The summed E-state index contributed by atoms with van der Waals surface area (Å²) in [7, 11) is 2.21. The Kier molecular flexibility index (Phi) is 15.8. The van der Waals surface area contributed by atoms with Crippen LogP contribution in [0.1, 0.15) is 40.5 Å². The van der Waals surface area contributed by atoms with Gasteiger partial charge in [0.2, 0.25) is 0 Å². The summed E-state index contributed by atoms with van der Waals surface area (Å²) in [4.78, 5) is 9.68. The van der Waals surface area contributed by atoms with Gasteiger partial charge in [0.05, 0.1) is 6.10 Å². The van der Waals surface area contributed by atoms with Crippen LogP contribution in [0.15, 0.2) is 4.99 Å². The molecule has 0 radical (unpaired) electrons. The maximum absolute atomic E-state index is 5.81. The monoisotopic (exact) mass is 483 g/mol. The van der Waals surface area contributed by atoms with E-state index in [-0.39, 0.29) is 24.0 Å². The molecule has 0 spiro atoms.